The van der Waals surface area contributed by atoms with Crippen molar-refractivity contribution in [2.24, 2.45) is 0 Å². The molecule has 3 rings (SSSR count). The Morgan fingerprint density at radius 1 is 1.08 bits per heavy atom. The van der Waals surface area contributed by atoms with E-state index >= 15 is 0 Å². The van der Waals surface area contributed by atoms with Crippen molar-refractivity contribution < 1.29 is 0 Å². The molecule has 0 atom stereocenters. The van der Waals surface area contributed by atoms with Gasteiger partial charge in [-0.1, -0.05) is 0 Å². The van der Waals surface area contributed by atoms with Gasteiger partial charge in [0.05, 0.1) is 6.54 Å². The summed E-state index contributed by atoms with van der Waals surface area (Å²) in [7, 11) is 0. The summed E-state index contributed by atoms with van der Waals surface area (Å²) in [5, 5.41) is 3.20. The maximum absolute atomic E-state index is 3.20. The van der Waals surface area contributed by atoms with Gasteiger partial charge in [-0.3, -0.25) is 0 Å². The average molecular weight is 223 g/mol. The van der Waals surface area contributed by atoms with Gasteiger partial charge >= 0.3 is 0 Å². The summed E-state index contributed by atoms with van der Waals surface area (Å²) in [6, 6.07) is 1.85. The fourth-order valence-corrected chi connectivity index (χ4v) is 1.83. The molecule has 3 aliphatic rings. The van der Waals surface area contributed by atoms with Crippen molar-refractivity contribution in [1.29, 1.82) is 0 Å². The molecular formula is C9H16Cl2N2. The van der Waals surface area contributed by atoms with Crippen LogP contribution in [0.2, 0.25) is 0 Å². The highest BCUT2D eigenvalue weighted by Crippen LogP contribution is 2.40. The smallest absolute Gasteiger partial charge is 0.0559 e. The molecule has 0 aromatic rings. The topological polar surface area (TPSA) is 15.3 Å². The van der Waals surface area contributed by atoms with Gasteiger partial charge in [-0.25, -0.2) is 0 Å². The molecule has 2 saturated carbocycles. The van der Waals surface area contributed by atoms with Gasteiger partial charge < -0.3 is 10.2 Å². The van der Waals surface area contributed by atoms with Gasteiger partial charge in [-0.2, -0.15) is 0 Å². The van der Waals surface area contributed by atoms with Crippen LogP contribution in [0.3, 0.4) is 0 Å². The molecule has 2 fully saturated rings. The summed E-state index contributed by atoms with van der Waals surface area (Å²) in [6.45, 7) is 1.12. The van der Waals surface area contributed by atoms with E-state index in [0.29, 0.717) is 0 Å². The second-order valence-corrected chi connectivity index (χ2v) is 3.89. The lowest BCUT2D eigenvalue weighted by Crippen LogP contribution is -2.38. The number of nitrogens with zero attached hydrogens (tertiary/aromatic N) is 1. The van der Waals surface area contributed by atoms with Crippen LogP contribution in [0.5, 0.6) is 0 Å². The Kier molecular flexibility index (Phi) is 3.36. The lowest BCUT2D eigenvalue weighted by Gasteiger charge is -2.32. The molecule has 0 spiro atoms. The Hall–Kier alpha value is -0.0800. The molecule has 2 aliphatic carbocycles. The molecule has 2 nitrogen and oxygen atoms in total. The van der Waals surface area contributed by atoms with Crippen LogP contribution in [0.15, 0.2) is 11.9 Å². The Labute approximate surface area is 91.6 Å². The van der Waals surface area contributed by atoms with Crippen LogP contribution in [0, 0.1) is 0 Å². The monoisotopic (exact) mass is 222 g/mol. The van der Waals surface area contributed by atoms with Crippen LogP contribution in [-0.2, 0) is 0 Å². The average Bonchev–Trinajstić information content (AvgIpc) is 2.74. The Morgan fingerprint density at radius 3 is 1.77 bits per heavy atom. The molecule has 0 bridgehead atoms. The molecule has 0 amide bonds. The van der Waals surface area contributed by atoms with Gasteiger partial charge in [-0.05, 0) is 25.7 Å². The first-order valence-electron chi connectivity index (χ1n) is 4.66. The molecular weight excluding hydrogens is 207 g/mol. The van der Waals surface area contributed by atoms with Crippen molar-refractivity contribution >= 4 is 24.8 Å². The number of rotatable bonds is 3. The van der Waals surface area contributed by atoms with Crippen molar-refractivity contribution in [3.05, 3.63) is 11.9 Å². The molecule has 0 aromatic carbocycles. The van der Waals surface area contributed by atoms with Crippen LogP contribution in [0.1, 0.15) is 25.7 Å². The first-order chi connectivity index (χ1) is 5.45. The van der Waals surface area contributed by atoms with Gasteiger partial charge in [0.1, 0.15) is 0 Å². The minimum atomic E-state index is 0. The summed E-state index contributed by atoms with van der Waals surface area (Å²) >= 11 is 0. The lowest BCUT2D eigenvalue weighted by atomic mass is 10.3. The van der Waals surface area contributed by atoms with Crippen molar-refractivity contribution in [2.45, 2.75) is 37.8 Å². The third kappa shape index (κ3) is 2.05. The van der Waals surface area contributed by atoms with E-state index < -0.39 is 0 Å². The van der Waals surface area contributed by atoms with E-state index in [-0.39, 0.29) is 24.8 Å². The molecule has 1 heterocycles. The predicted molar refractivity (Wildman–Crippen MR) is 58.5 cm³/mol. The fourth-order valence-electron chi connectivity index (χ4n) is 1.83. The second-order valence-electron chi connectivity index (χ2n) is 3.89. The minimum absolute atomic E-state index is 0. The molecule has 76 valence electrons. The van der Waals surface area contributed by atoms with Gasteiger partial charge in [0.15, 0.2) is 0 Å². The first-order valence-corrected chi connectivity index (χ1v) is 4.66. The molecule has 1 N–H and O–H groups in total. The van der Waals surface area contributed by atoms with Crippen LogP contribution >= 0.6 is 24.8 Å². The van der Waals surface area contributed by atoms with Crippen molar-refractivity contribution in [2.75, 3.05) is 6.54 Å². The maximum atomic E-state index is 3.20. The molecule has 4 heteroatoms. The lowest BCUT2D eigenvalue weighted by molar-refractivity contribution is 0.301. The molecule has 13 heavy (non-hydrogen) atoms. The number of nitrogens with one attached hydrogen (secondary N) is 1. The summed E-state index contributed by atoms with van der Waals surface area (Å²) in [5.74, 6) is 0. The van der Waals surface area contributed by atoms with E-state index in [2.05, 4.69) is 16.4 Å². The highest BCUT2D eigenvalue weighted by atomic mass is 35.5. The Morgan fingerprint density at radius 2 is 1.54 bits per heavy atom. The second kappa shape index (κ2) is 3.97. The predicted octanol–water partition coefficient (Wildman–Crippen LogP) is 1.90. The molecule has 0 saturated heterocycles. The van der Waals surface area contributed by atoms with Crippen molar-refractivity contribution in [3.8, 4) is 0 Å². The Bertz CT molecular complexity index is 198. The van der Waals surface area contributed by atoms with Crippen LogP contribution in [0.25, 0.3) is 0 Å². The molecule has 0 radical (unpaired) electrons. The standard InChI is InChI=1S/C9H14N2.2ClH/c1-2-7(1)11(8-3-4-8)9-5-10-6-9;;/h5,7-8,10H,1-4,6H2;2*1H. The van der Waals surface area contributed by atoms with Gasteiger partial charge in [0, 0.05) is 24.0 Å². The molecule has 1 aliphatic heterocycles. The van der Waals surface area contributed by atoms with Gasteiger partial charge in [0.2, 0.25) is 0 Å². The summed E-state index contributed by atoms with van der Waals surface area (Å²) in [4.78, 5) is 2.66. The van der Waals surface area contributed by atoms with Crippen molar-refractivity contribution in [1.82, 2.24) is 10.2 Å². The summed E-state index contributed by atoms with van der Waals surface area (Å²) in [5.41, 5.74) is 1.56. The van der Waals surface area contributed by atoms with Gasteiger partial charge in [-0.15, -0.1) is 24.8 Å². The van der Waals surface area contributed by atoms with Gasteiger partial charge in [0.25, 0.3) is 0 Å². The van der Waals surface area contributed by atoms with Crippen LogP contribution in [0.4, 0.5) is 0 Å². The maximum Gasteiger partial charge on any atom is 0.0559 e. The third-order valence-electron chi connectivity index (χ3n) is 2.76. The third-order valence-corrected chi connectivity index (χ3v) is 2.76. The van der Waals surface area contributed by atoms with E-state index in [4.69, 9.17) is 0 Å². The van der Waals surface area contributed by atoms with E-state index in [1.165, 1.54) is 25.7 Å². The van der Waals surface area contributed by atoms with E-state index in [1.54, 1.807) is 5.70 Å². The highest BCUT2D eigenvalue weighted by molar-refractivity contribution is 5.85. The quantitative estimate of drug-likeness (QED) is 0.786. The zero-order valence-corrected chi connectivity index (χ0v) is 9.16. The Balaban J connectivity index is 0.000000422. The highest BCUT2D eigenvalue weighted by Gasteiger charge is 2.40. The van der Waals surface area contributed by atoms with E-state index in [1.807, 2.05) is 0 Å². The van der Waals surface area contributed by atoms with E-state index in [9.17, 15) is 0 Å². The first kappa shape index (κ1) is 11.0. The SMILES string of the molecule is C1=C(N(C2CC2)C2CC2)CN1.Cl.Cl. The molecule has 0 aromatic heterocycles. The largest absolute Gasteiger partial charge is 0.384 e. The van der Waals surface area contributed by atoms with Crippen LogP contribution in [-0.4, -0.2) is 23.5 Å². The summed E-state index contributed by atoms with van der Waals surface area (Å²) < 4.78 is 0. The zero-order chi connectivity index (χ0) is 7.26. The molecule has 0 unspecified atom stereocenters. The number of hydrogen-bond donors (Lipinski definition) is 1. The number of hydrogen-bond acceptors (Lipinski definition) is 2. The summed E-state index contributed by atoms with van der Waals surface area (Å²) in [6.07, 6.45) is 7.93. The van der Waals surface area contributed by atoms with E-state index in [0.717, 1.165) is 18.6 Å². The normalized spacial score (nSPS) is 24.2. The zero-order valence-electron chi connectivity index (χ0n) is 7.53. The van der Waals surface area contributed by atoms with Crippen LogP contribution < -0.4 is 5.32 Å². The number of halogens is 2. The van der Waals surface area contributed by atoms with Crippen molar-refractivity contribution in [3.63, 3.8) is 0 Å². The fraction of sp³-hybridized carbons (Fsp3) is 0.778. The minimum Gasteiger partial charge on any atom is -0.384 e.